The van der Waals surface area contributed by atoms with Crippen molar-refractivity contribution in [1.29, 1.82) is 0 Å². The molecule has 1 heterocycles. The predicted molar refractivity (Wildman–Crippen MR) is 67.2 cm³/mol. The summed E-state index contributed by atoms with van der Waals surface area (Å²) in [7, 11) is 0. The first kappa shape index (κ1) is 13.5. The number of aliphatic hydroxyl groups is 1. The lowest BCUT2D eigenvalue weighted by atomic mass is 10.2. The zero-order valence-corrected chi connectivity index (χ0v) is 11.3. The summed E-state index contributed by atoms with van der Waals surface area (Å²) in [5.74, 6) is -0.111. The third-order valence-corrected chi connectivity index (χ3v) is 4.14. The zero-order valence-electron chi connectivity index (χ0n) is 9.64. The third kappa shape index (κ3) is 2.96. The Hall–Kier alpha value is -0.590. The van der Waals surface area contributed by atoms with Gasteiger partial charge in [0.1, 0.15) is 10.0 Å². The summed E-state index contributed by atoms with van der Waals surface area (Å²) in [6.07, 6.45) is 1.93. The van der Waals surface area contributed by atoms with Crippen molar-refractivity contribution in [2.75, 3.05) is 19.4 Å². The van der Waals surface area contributed by atoms with Crippen LogP contribution in [0.25, 0.3) is 0 Å². The highest BCUT2D eigenvalue weighted by Gasteiger charge is 2.21. The lowest BCUT2D eigenvalue weighted by Crippen LogP contribution is -2.40. The van der Waals surface area contributed by atoms with Crippen LogP contribution in [0, 0.1) is 0 Å². The molecule has 4 nitrogen and oxygen atoms in total. The number of carbonyl (C=O) groups is 1. The Morgan fingerprint density at radius 2 is 2.44 bits per heavy atom. The molecule has 0 aliphatic heterocycles. The predicted octanol–water partition coefficient (Wildman–Crippen LogP) is 1.71. The molecule has 0 aliphatic carbocycles. The SMILES string of the molecule is CCN(C(=O)c1csc(SC)n1)[C@@H](C)CO. The van der Waals surface area contributed by atoms with Crippen molar-refractivity contribution in [3.8, 4) is 0 Å². The summed E-state index contributed by atoms with van der Waals surface area (Å²) < 4.78 is 0.885. The van der Waals surface area contributed by atoms with Crippen LogP contribution in [0.5, 0.6) is 0 Å². The van der Waals surface area contributed by atoms with Gasteiger partial charge in [0.05, 0.1) is 12.6 Å². The number of rotatable bonds is 5. The van der Waals surface area contributed by atoms with Gasteiger partial charge in [-0.2, -0.15) is 0 Å². The first-order chi connectivity index (χ1) is 7.63. The fourth-order valence-corrected chi connectivity index (χ4v) is 2.59. The van der Waals surface area contributed by atoms with E-state index in [-0.39, 0.29) is 18.6 Å². The van der Waals surface area contributed by atoms with Gasteiger partial charge in [0.25, 0.3) is 5.91 Å². The maximum atomic E-state index is 12.1. The molecule has 0 saturated carbocycles. The molecule has 6 heteroatoms. The van der Waals surface area contributed by atoms with Gasteiger partial charge in [0.2, 0.25) is 0 Å². The minimum absolute atomic E-state index is 0.0287. The second-order valence-electron chi connectivity index (χ2n) is 3.33. The molecule has 1 atom stereocenters. The Bertz CT molecular complexity index is 354. The second-order valence-corrected chi connectivity index (χ2v) is 5.24. The van der Waals surface area contributed by atoms with Crippen LogP contribution in [0.4, 0.5) is 0 Å². The number of hydrogen-bond donors (Lipinski definition) is 1. The molecule has 0 radical (unpaired) electrons. The van der Waals surface area contributed by atoms with Crippen LogP contribution in [0.15, 0.2) is 9.72 Å². The van der Waals surface area contributed by atoms with Gasteiger partial charge in [-0.15, -0.1) is 11.3 Å². The summed E-state index contributed by atoms with van der Waals surface area (Å²) >= 11 is 2.99. The molecule has 1 amide bonds. The van der Waals surface area contributed by atoms with Crippen LogP contribution in [0.3, 0.4) is 0 Å². The topological polar surface area (TPSA) is 53.4 Å². The molecule has 0 spiro atoms. The monoisotopic (exact) mass is 260 g/mol. The standard InChI is InChI=1S/C10H16N2O2S2/c1-4-12(7(2)5-13)9(14)8-6-16-10(11-8)15-3/h6-7,13H,4-5H2,1-3H3/t7-/m0/s1. The van der Waals surface area contributed by atoms with E-state index < -0.39 is 0 Å². The molecule has 0 aromatic carbocycles. The van der Waals surface area contributed by atoms with E-state index in [0.29, 0.717) is 12.2 Å². The highest BCUT2D eigenvalue weighted by molar-refractivity contribution is 8.00. The van der Waals surface area contributed by atoms with E-state index >= 15 is 0 Å². The number of amides is 1. The number of aromatic nitrogens is 1. The lowest BCUT2D eigenvalue weighted by molar-refractivity contribution is 0.0627. The van der Waals surface area contributed by atoms with Gasteiger partial charge in [-0.25, -0.2) is 4.98 Å². The molecule has 1 aromatic rings. The summed E-state index contributed by atoms with van der Waals surface area (Å²) in [5.41, 5.74) is 0.469. The molecule has 0 aliphatic rings. The number of carbonyl (C=O) groups excluding carboxylic acids is 1. The van der Waals surface area contributed by atoms with Crippen LogP contribution in [-0.2, 0) is 0 Å². The quantitative estimate of drug-likeness (QED) is 0.819. The maximum Gasteiger partial charge on any atom is 0.273 e. The van der Waals surface area contributed by atoms with Crippen molar-refractivity contribution in [3.05, 3.63) is 11.1 Å². The van der Waals surface area contributed by atoms with Crippen LogP contribution in [-0.4, -0.2) is 46.3 Å². The van der Waals surface area contributed by atoms with E-state index in [9.17, 15) is 4.79 Å². The van der Waals surface area contributed by atoms with E-state index in [2.05, 4.69) is 4.98 Å². The Morgan fingerprint density at radius 3 is 2.88 bits per heavy atom. The first-order valence-electron chi connectivity index (χ1n) is 5.05. The Kier molecular flexibility index (Phi) is 5.24. The molecule has 0 bridgehead atoms. The molecule has 1 N–H and O–H groups in total. The van der Waals surface area contributed by atoms with Gasteiger partial charge in [-0.1, -0.05) is 11.8 Å². The minimum Gasteiger partial charge on any atom is -0.394 e. The fourth-order valence-electron chi connectivity index (χ4n) is 1.35. The fraction of sp³-hybridized carbons (Fsp3) is 0.600. The number of likely N-dealkylation sites (N-methyl/N-ethyl adjacent to an activating group) is 1. The van der Waals surface area contributed by atoms with E-state index in [1.807, 2.05) is 20.1 Å². The number of nitrogens with zero attached hydrogens (tertiary/aromatic N) is 2. The molecule has 90 valence electrons. The highest BCUT2D eigenvalue weighted by Crippen LogP contribution is 2.21. The van der Waals surface area contributed by atoms with Gasteiger partial charge in [0.15, 0.2) is 0 Å². The van der Waals surface area contributed by atoms with Gasteiger partial charge < -0.3 is 10.0 Å². The van der Waals surface area contributed by atoms with Crippen molar-refractivity contribution in [1.82, 2.24) is 9.88 Å². The lowest BCUT2D eigenvalue weighted by Gasteiger charge is -2.25. The van der Waals surface area contributed by atoms with Gasteiger partial charge in [-0.3, -0.25) is 4.79 Å². The first-order valence-corrected chi connectivity index (χ1v) is 7.15. The number of aliphatic hydroxyl groups excluding tert-OH is 1. The van der Waals surface area contributed by atoms with E-state index in [1.165, 1.54) is 23.1 Å². The minimum atomic E-state index is -0.170. The smallest absolute Gasteiger partial charge is 0.273 e. The average molecular weight is 260 g/mol. The second kappa shape index (κ2) is 6.22. The van der Waals surface area contributed by atoms with Crippen LogP contribution in [0.1, 0.15) is 24.3 Å². The molecule has 1 aromatic heterocycles. The third-order valence-electron chi connectivity index (χ3n) is 2.27. The van der Waals surface area contributed by atoms with Crippen LogP contribution in [0.2, 0.25) is 0 Å². The van der Waals surface area contributed by atoms with Crippen LogP contribution < -0.4 is 0 Å². The maximum absolute atomic E-state index is 12.1. The highest BCUT2D eigenvalue weighted by atomic mass is 32.2. The number of thiazole rings is 1. The zero-order chi connectivity index (χ0) is 12.1. The normalized spacial score (nSPS) is 12.5. The molecule has 0 unspecified atom stereocenters. The number of hydrogen-bond acceptors (Lipinski definition) is 5. The van der Waals surface area contributed by atoms with Crippen molar-refractivity contribution < 1.29 is 9.90 Å². The van der Waals surface area contributed by atoms with E-state index in [0.717, 1.165) is 4.34 Å². The molecule has 0 fully saturated rings. The summed E-state index contributed by atoms with van der Waals surface area (Å²) in [5, 5.41) is 10.8. The molecule has 1 rings (SSSR count). The number of thioether (sulfide) groups is 1. The summed E-state index contributed by atoms with van der Waals surface area (Å²) in [6.45, 7) is 4.26. The van der Waals surface area contributed by atoms with Crippen LogP contribution >= 0.6 is 23.1 Å². The molecule has 0 saturated heterocycles. The largest absolute Gasteiger partial charge is 0.394 e. The van der Waals surface area contributed by atoms with Crippen molar-refractivity contribution >= 4 is 29.0 Å². The Labute approximate surface area is 104 Å². The molecule has 16 heavy (non-hydrogen) atoms. The van der Waals surface area contributed by atoms with Crippen molar-refractivity contribution in [2.45, 2.75) is 24.2 Å². The summed E-state index contributed by atoms with van der Waals surface area (Å²) in [6, 6.07) is -0.170. The van der Waals surface area contributed by atoms with Gasteiger partial charge >= 0.3 is 0 Å². The Morgan fingerprint density at radius 1 is 1.75 bits per heavy atom. The van der Waals surface area contributed by atoms with Crippen molar-refractivity contribution in [2.24, 2.45) is 0 Å². The van der Waals surface area contributed by atoms with Crippen molar-refractivity contribution in [3.63, 3.8) is 0 Å². The van der Waals surface area contributed by atoms with E-state index in [1.54, 1.807) is 10.3 Å². The Balaban J connectivity index is 2.82. The molecular weight excluding hydrogens is 244 g/mol. The van der Waals surface area contributed by atoms with Gasteiger partial charge in [-0.05, 0) is 20.1 Å². The van der Waals surface area contributed by atoms with E-state index in [4.69, 9.17) is 5.11 Å². The van der Waals surface area contributed by atoms with Gasteiger partial charge in [0, 0.05) is 11.9 Å². The summed E-state index contributed by atoms with van der Waals surface area (Å²) in [4.78, 5) is 17.9. The molecular formula is C10H16N2O2S2. The average Bonchev–Trinajstić information content (AvgIpc) is 2.78.